The third-order valence-electron chi connectivity index (χ3n) is 10.7. The number of rotatable bonds is 18. The maximum atomic E-state index is 2.63. The van der Waals surface area contributed by atoms with Crippen molar-refractivity contribution >= 4 is 83.9 Å². The predicted octanol–water partition coefficient (Wildman–Crippen LogP) is 10.8. The van der Waals surface area contributed by atoms with Gasteiger partial charge in [0.05, 0.1) is 52.8 Å². The van der Waals surface area contributed by atoms with Crippen molar-refractivity contribution in [2.24, 2.45) is 0 Å². The molecule has 0 atom stereocenters. The SMILES string of the molecule is CC(C)[Si](c1c([Si](C(C)C)C(C)C)c([Si](C(C)C)C(C)C)c([Si](C(C)C)C(C)C)c([Si](C(C)C)C(C)C)c1[Si](C(C)C)C(C)C)C(C)C. The van der Waals surface area contributed by atoms with E-state index in [0.29, 0.717) is 0 Å². The van der Waals surface area contributed by atoms with Gasteiger partial charge in [-0.05, 0) is 66.5 Å². The average Bonchev–Trinajstić information content (AvgIpc) is 2.86. The highest BCUT2D eigenvalue weighted by Gasteiger charge is 2.47. The Morgan fingerprint density at radius 1 is 0.167 bits per heavy atom. The molecule has 0 spiro atoms. The Morgan fingerprint density at radius 3 is 0.271 bits per heavy atom. The number of hydrogen-bond donors (Lipinski definition) is 0. The first kappa shape index (κ1) is 46.5. The molecule has 0 aliphatic heterocycles. The van der Waals surface area contributed by atoms with E-state index < -0.39 is 52.8 Å². The first-order valence-electron chi connectivity index (χ1n) is 20.3. The quantitative estimate of drug-likeness (QED) is 0.131. The molecule has 0 N–H and O–H groups in total. The maximum Gasteiger partial charge on any atom is 0.0906 e. The van der Waals surface area contributed by atoms with Crippen LogP contribution in [0.1, 0.15) is 166 Å². The molecule has 0 fully saturated rings. The number of hydrogen-bond acceptors (Lipinski definition) is 0. The van der Waals surface area contributed by atoms with Gasteiger partial charge in [-0.15, -0.1) is 0 Å². The lowest BCUT2D eigenvalue weighted by Crippen LogP contribution is -2.81. The van der Waals surface area contributed by atoms with Gasteiger partial charge in [-0.3, -0.25) is 0 Å². The summed E-state index contributed by atoms with van der Waals surface area (Å²) in [6.45, 7) is 63.2. The predicted molar refractivity (Wildman–Crippen MR) is 240 cm³/mol. The highest BCUT2D eigenvalue weighted by atomic mass is 28.3. The Balaban J connectivity index is 5.56. The van der Waals surface area contributed by atoms with E-state index in [1.54, 1.807) is 0 Å². The lowest BCUT2D eigenvalue weighted by atomic mass is 10.3. The lowest BCUT2D eigenvalue weighted by molar-refractivity contribution is 0.936. The molecule has 1 rings (SSSR count). The zero-order valence-corrected chi connectivity index (χ0v) is 42.9. The van der Waals surface area contributed by atoms with Crippen LogP contribution in [0.15, 0.2) is 0 Å². The first-order valence-corrected chi connectivity index (χ1v) is 30.2. The zero-order valence-electron chi connectivity index (χ0n) is 36.9. The Morgan fingerprint density at radius 2 is 0.229 bits per heavy atom. The fourth-order valence-corrected chi connectivity index (χ4v) is 35.8. The van der Waals surface area contributed by atoms with Crippen molar-refractivity contribution in [2.75, 3.05) is 0 Å². The van der Waals surface area contributed by atoms with Crippen molar-refractivity contribution in [2.45, 2.75) is 233 Å². The summed E-state index contributed by atoms with van der Waals surface area (Å²) in [4.78, 5) is 0. The Bertz CT molecular complexity index is 819. The molecular weight excluding hydrogens is 673 g/mol. The summed E-state index contributed by atoms with van der Waals surface area (Å²) in [5.74, 6) is 0. The second kappa shape index (κ2) is 19.6. The number of benzene rings is 1. The van der Waals surface area contributed by atoms with Gasteiger partial charge in [0.15, 0.2) is 0 Å². The van der Waals surface area contributed by atoms with E-state index in [0.717, 1.165) is 66.5 Å². The molecule has 1 aromatic carbocycles. The molecule has 0 heterocycles. The summed E-state index contributed by atoms with van der Waals surface area (Å²) in [5.41, 5.74) is 8.91. The van der Waals surface area contributed by atoms with E-state index in [9.17, 15) is 0 Å². The smallest absolute Gasteiger partial charge is 0.0650 e. The summed E-state index contributed by atoms with van der Waals surface area (Å²) in [7, 11) is -5.01. The van der Waals surface area contributed by atoms with Gasteiger partial charge < -0.3 is 0 Å². The fourth-order valence-electron chi connectivity index (χ4n) is 9.95. The molecule has 0 unspecified atom stereocenters. The van der Waals surface area contributed by atoms with Gasteiger partial charge in [-0.1, -0.05) is 197 Å². The monoisotopic (exact) mass is 757 g/mol. The van der Waals surface area contributed by atoms with Gasteiger partial charge in [0, 0.05) is 0 Å². The molecule has 0 saturated carbocycles. The average molecular weight is 758 g/mol. The molecule has 0 aromatic heterocycles. The van der Waals surface area contributed by atoms with Crippen LogP contribution in [-0.2, 0) is 0 Å². The Kier molecular flexibility index (Phi) is 19.0. The lowest BCUT2D eigenvalue weighted by Gasteiger charge is -2.47. The van der Waals surface area contributed by atoms with Gasteiger partial charge in [0.25, 0.3) is 0 Å². The summed E-state index contributed by atoms with van der Waals surface area (Å²) in [6, 6.07) is 0. The minimum absolute atomic E-state index is 0.742. The molecule has 0 nitrogen and oxygen atoms in total. The summed E-state index contributed by atoms with van der Waals surface area (Å²) >= 11 is 0. The van der Waals surface area contributed by atoms with E-state index in [1.807, 2.05) is 0 Å². The molecule has 0 bridgehead atoms. The molecule has 6 heteroatoms. The second-order valence-electron chi connectivity index (χ2n) is 18.8. The highest BCUT2D eigenvalue weighted by molar-refractivity contribution is 7.03. The summed E-state index contributed by atoms with van der Waals surface area (Å²) in [6.07, 6.45) is 0. The second-order valence-corrected chi connectivity index (χ2v) is 41.2. The fraction of sp³-hybridized carbons (Fsp3) is 0.857. The molecule has 0 amide bonds. The topological polar surface area (TPSA) is 0 Å². The minimum Gasteiger partial charge on any atom is -0.0650 e. The molecule has 0 aliphatic rings. The van der Waals surface area contributed by atoms with Gasteiger partial charge in [0.2, 0.25) is 0 Å². The van der Waals surface area contributed by atoms with Crippen LogP contribution >= 0.6 is 0 Å². The van der Waals surface area contributed by atoms with Crippen molar-refractivity contribution in [3.05, 3.63) is 0 Å². The molecule has 48 heavy (non-hydrogen) atoms. The molecule has 6 radical (unpaired) electrons. The van der Waals surface area contributed by atoms with E-state index >= 15 is 0 Å². The van der Waals surface area contributed by atoms with Crippen molar-refractivity contribution in [1.29, 1.82) is 0 Å². The zero-order chi connectivity index (χ0) is 37.9. The standard InChI is InChI=1S/C42H84Si6/c1-25(2)43(26(3)4)37-38(44(27(5)6)28(7)8)40(46(31(13)14)32(15)16)42(48(35(21)22)36(23)24)41(47(33(17)18)34(19)20)39(37)45(29(9)10)30(11)12/h25-36H,1-24H3. The minimum atomic E-state index is -0.835. The van der Waals surface area contributed by atoms with Crippen molar-refractivity contribution in [3.63, 3.8) is 0 Å². The van der Waals surface area contributed by atoms with Gasteiger partial charge >= 0.3 is 0 Å². The van der Waals surface area contributed by atoms with Crippen LogP contribution in [0, 0.1) is 0 Å². The van der Waals surface area contributed by atoms with Crippen LogP contribution in [0.2, 0.25) is 66.5 Å². The Hall–Kier alpha value is 0.521. The van der Waals surface area contributed by atoms with Crippen LogP contribution in [0.25, 0.3) is 0 Å². The largest absolute Gasteiger partial charge is 0.0906 e. The van der Waals surface area contributed by atoms with Gasteiger partial charge in [-0.2, -0.15) is 0 Å². The van der Waals surface area contributed by atoms with Crippen molar-refractivity contribution in [1.82, 2.24) is 0 Å². The molecule has 1 aromatic rings. The maximum absolute atomic E-state index is 2.63. The van der Waals surface area contributed by atoms with Gasteiger partial charge in [-0.25, -0.2) is 0 Å². The van der Waals surface area contributed by atoms with E-state index in [2.05, 4.69) is 197 Å². The van der Waals surface area contributed by atoms with Gasteiger partial charge in [0.1, 0.15) is 0 Å². The van der Waals surface area contributed by atoms with E-state index in [-0.39, 0.29) is 0 Å². The third-order valence-corrected chi connectivity index (χ3v) is 33.6. The molecule has 276 valence electrons. The normalized spacial score (nSPS) is 13.9. The van der Waals surface area contributed by atoms with Crippen LogP contribution < -0.4 is 31.1 Å². The van der Waals surface area contributed by atoms with Crippen molar-refractivity contribution in [3.8, 4) is 0 Å². The van der Waals surface area contributed by atoms with Crippen LogP contribution in [0.4, 0.5) is 0 Å². The Labute approximate surface area is 314 Å². The van der Waals surface area contributed by atoms with Crippen molar-refractivity contribution < 1.29 is 0 Å². The third kappa shape index (κ3) is 10.3. The molecular formula is C42H84Si6. The molecule has 0 aliphatic carbocycles. The molecule has 0 saturated heterocycles. The summed E-state index contributed by atoms with van der Waals surface area (Å²) in [5, 5.41) is 12.5. The van der Waals surface area contributed by atoms with Crippen LogP contribution in [0.5, 0.6) is 0 Å². The van der Waals surface area contributed by atoms with Crippen LogP contribution in [-0.4, -0.2) is 52.8 Å². The van der Waals surface area contributed by atoms with Crippen LogP contribution in [0.3, 0.4) is 0 Å². The first-order chi connectivity index (χ1) is 21.9. The van der Waals surface area contributed by atoms with E-state index in [1.165, 1.54) is 0 Å². The van der Waals surface area contributed by atoms with E-state index in [4.69, 9.17) is 0 Å². The summed E-state index contributed by atoms with van der Waals surface area (Å²) < 4.78 is 0. The highest BCUT2D eigenvalue weighted by Crippen LogP contribution is 2.31.